The lowest BCUT2D eigenvalue weighted by atomic mass is 10.1. The van der Waals surface area contributed by atoms with Crippen LogP contribution < -0.4 is 5.32 Å². The molecule has 4 rings (SSSR count). The van der Waals surface area contributed by atoms with Gasteiger partial charge in [-0.25, -0.2) is 0 Å². The summed E-state index contributed by atoms with van der Waals surface area (Å²) in [4.78, 5) is 9.81. The van der Waals surface area contributed by atoms with Crippen molar-refractivity contribution >= 4 is 29.9 Å². The molecule has 0 spiro atoms. The third-order valence-corrected chi connectivity index (χ3v) is 5.66. The van der Waals surface area contributed by atoms with Crippen molar-refractivity contribution in [3.63, 3.8) is 0 Å². The summed E-state index contributed by atoms with van der Waals surface area (Å²) >= 11 is 0. The lowest BCUT2D eigenvalue weighted by Gasteiger charge is -2.35. The Hall–Kier alpha value is -1.59. The van der Waals surface area contributed by atoms with Gasteiger partial charge in [0.05, 0.1) is 38.2 Å². The van der Waals surface area contributed by atoms with Crippen LogP contribution in [0.15, 0.2) is 40.2 Å². The Kier molecular flexibility index (Phi) is 8.58. The number of likely N-dealkylation sites (tertiary alicyclic amines) is 1. The van der Waals surface area contributed by atoms with Crippen LogP contribution in [0.2, 0.25) is 0 Å². The molecule has 1 N–H and O–H groups in total. The number of hydrogen-bond donors (Lipinski definition) is 1. The second-order valence-corrected chi connectivity index (χ2v) is 7.72. The number of aliphatic imine (C=N–C) groups is 1. The second kappa shape index (κ2) is 11.1. The molecule has 2 fully saturated rings. The molecule has 2 aromatic heterocycles. The topological polar surface area (TPSA) is 71.1 Å². The van der Waals surface area contributed by atoms with Gasteiger partial charge in [0.2, 0.25) is 0 Å². The van der Waals surface area contributed by atoms with Crippen LogP contribution in [-0.2, 0) is 11.8 Å². The Bertz CT molecular complexity index is 787. The van der Waals surface area contributed by atoms with E-state index in [9.17, 15) is 0 Å². The van der Waals surface area contributed by atoms with Gasteiger partial charge in [-0.05, 0) is 45.0 Å². The number of hydrogen-bond acceptors (Lipinski definition) is 5. The summed E-state index contributed by atoms with van der Waals surface area (Å²) in [5.41, 5.74) is 1.11. The molecular formula is C21H33IN6O2. The number of aromatic nitrogens is 2. The van der Waals surface area contributed by atoms with E-state index in [1.54, 1.807) is 6.26 Å². The summed E-state index contributed by atoms with van der Waals surface area (Å²) in [5, 5.41) is 7.76. The predicted molar refractivity (Wildman–Crippen MR) is 127 cm³/mol. The number of nitrogens with zero attached hydrogens (tertiary/aromatic N) is 5. The number of halogens is 1. The molecule has 2 aliphatic heterocycles. The van der Waals surface area contributed by atoms with E-state index in [1.165, 1.54) is 12.8 Å². The van der Waals surface area contributed by atoms with Crippen molar-refractivity contribution in [2.45, 2.75) is 31.9 Å². The molecule has 0 radical (unpaired) electrons. The highest BCUT2D eigenvalue weighted by Crippen LogP contribution is 2.26. The number of morpholine rings is 1. The van der Waals surface area contributed by atoms with E-state index >= 15 is 0 Å². The van der Waals surface area contributed by atoms with E-state index in [-0.39, 0.29) is 36.1 Å². The van der Waals surface area contributed by atoms with Gasteiger partial charge in [-0.2, -0.15) is 5.10 Å². The summed E-state index contributed by atoms with van der Waals surface area (Å²) in [7, 11) is 1.93. The molecule has 0 aromatic carbocycles. The maximum Gasteiger partial charge on any atom is 0.194 e. The fourth-order valence-corrected chi connectivity index (χ4v) is 4.17. The zero-order valence-electron chi connectivity index (χ0n) is 17.9. The summed E-state index contributed by atoms with van der Waals surface area (Å²) in [6.45, 7) is 8.13. The largest absolute Gasteiger partial charge is 0.468 e. The number of ether oxygens (including phenoxy) is 1. The SMILES string of the molecule is CCNC(=NCC(c1ccco1)N1CCCC1)N1CCOC(c2cnn(C)c2)C1.I. The first-order valence-electron chi connectivity index (χ1n) is 10.7. The number of furan rings is 1. The quantitative estimate of drug-likeness (QED) is 0.354. The number of rotatable bonds is 6. The summed E-state index contributed by atoms with van der Waals surface area (Å²) < 4.78 is 13.6. The molecular weight excluding hydrogens is 495 g/mol. The van der Waals surface area contributed by atoms with Crippen LogP contribution in [0, 0.1) is 0 Å². The molecule has 2 aliphatic rings. The minimum Gasteiger partial charge on any atom is -0.468 e. The van der Waals surface area contributed by atoms with Gasteiger partial charge in [-0.3, -0.25) is 14.6 Å². The van der Waals surface area contributed by atoms with Gasteiger partial charge in [0.15, 0.2) is 5.96 Å². The first-order chi connectivity index (χ1) is 14.2. The van der Waals surface area contributed by atoms with Crippen molar-refractivity contribution in [2.75, 3.05) is 45.9 Å². The molecule has 166 valence electrons. The lowest BCUT2D eigenvalue weighted by Crippen LogP contribution is -2.48. The predicted octanol–water partition coefficient (Wildman–Crippen LogP) is 2.81. The van der Waals surface area contributed by atoms with E-state index in [1.807, 2.05) is 30.2 Å². The Labute approximate surface area is 195 Å². The Morgan fingerprint density at radius 2 is 2.17 bits per heavy atom. The van der Waals surface area contributed by atoms with Crippen molar-refractivity contribution in [3.8, 4) is 0 Å². The van der Waals surface area contributed by atoms with Crippen molar-refractivity contribution in [3.05, 3.63) is 42.1 Å². The highest BCUT2D eigenvalue weighted by atomic mass is 127. The van der Waals surface area contributed by atoms with Crippen LogP contribution in [0.5, 0.6) is 0 Å². The maximum atomic E-state index is 6.00. The van der Waals surface area contributed by atoms with Crippen LogP contribution in [0.4, 0.5) is 0 Å². The van der Waals surface area contributed by atoms with Crippen molar-refractivity contribution < 1.29 is 9.15 Å². The summed E-state index contributed by atoms with van der Waals surface area (Å²) in [6.07, 6.45) is 8.18. The molecule has 30 heavy (non-hydrogen) atoms. The van der Waals surface area contributed by atoms with Gasteiger partial charge in [-0.15, -0.1) is 24.0 Å². The molecule has 0 saturated carbocycles. The average molecular weight is 528 g/mol. The molecule has 8 nitrogen and oxygen atoms in total. The van der Waals surface area contributed by atoms with Gasteiger partial charge in [0.1, 0.15) is 11.9 Å². The fraction of sp³-hybridized carbons (Fsp3) is 0.619. The monoisotopic (exact) mass is 528 g/mol. The lowest BCUT2D eigenvalue weighted by molar-refractivity contribution is -0.00809. The number of aryl methyl sites for hydroxylation is 1. The zero-order valence-corrected chi connectivity index (χ0v) is 20.2. The van der Waals surface area contributed by atoms with Crippen LogP contribution in [-0.4, -0.2) is 71.4 Å². The second-order valence-electron chi connectivity index (χ2n) is 7.72. The Morgan fingerprint density at radius 3 is 2.83 bits per heavy atom. The van der Waals surface area contributed by atoms with E-state index < -0.39 is 0 Å². The molecule has 4 heterocycles. The molecule has 2 unspecified atom stereocenters. The number of nitrogens with one attached hydrogen (secondary N) is 1. The number of guanidine groups is 1. The minimum atomic E-state index is 0. The van der Waals surface area contributed by atoms with Crippen LogP contribution in [0.25, 0.3) is 0 Å². The molecule has 2 atom stereocenters. The van der Waals surface area contributed by atoms with Crippen molar-refractivity contribution in [2.24, 2.45) is 12.0 Å². The molecule has 2 aromatic rings. The highest BCUT2D eigenvalue weighted by Gasteiger charge is 2.28. The first-order valence-corrected chi connectivity index (χ1v) is 10.7. The smallest absolute Gasteiger partial charge is 0.194 e. The van der Waals surface area contributed by atoms with Crippen LogP contribution in [0.1, 0.15) is 43.2 Å². The van der Waals surface area contributed by atoms with Crippen LogP contribution >= 0.6 is 24.0 Å². The highest BCUT2D eigenvalue weighted by molar-refractivity contribution is 14.0. The van der Waals surface area contributed by atoms with Gasteiger partial charge in [0, 0.05) is 31.9 Å². The van der Waals surface area contributed by atoms with Gasteiger partial charge in [-0.1, -0.05) is 0 Å². The third kappa shape index (κ3) is 5.55. The van der Waals surface area contributed by atoms with Gasteiger partial charge >= 0.3 is 0 Å². The fourth-order valence-electron chi connectivity index (χ4n) is 4.17. The third-order valence-electron chi connectivity index (χ3n) is 5.66. The normalized spacial score (nSPS) is 21.5. The summed E-state index contributed by atoms with van der Waals surface area (Å²) in [5.74, 6) is 1.95. The van der Waals surface area contributed by atoms with Crippen molar-refractivity contribution in [1.29, 1.82) is 0 Å². The van der Waals surface area contributed by atoms with E-state index in [2.05, 4.69) is 33.2 Å². The van der Waals surface area contributed by atoms with Crippen molar-refractivity contribution in [1.82, 2.24) is 24.9 Å². The van der Waals surface area contributed by atoms with E-state index in [4.69, 9.17) is 14.1 Å². The summed E-state index contributed by atoms with van der Waals surface area (Å²) in [6, 6.07) is 4.23. The average Bonchev–Trinajstić information content (AvgIpc) is 3.51. The first kappa shape index (κ1) is 23.1. The maximum absolute atomic E-state index is 6.00. The molecule has 0 bridgehead atoms. The van der Waals surface area contributed by atoms with E-state index in [0.29, 0.717) is 13.2 Å². The molecule has 9 heteroatoms. The standard InChI is InChI=1S/C21H32N6O2.HI/c1-3-22-21(27-10-12-29-20(16-27)17-13-24-25(2)15-17)23-14-18(19-7-6-11-28-19)26-8-4-5-9-26;/h6-7,11,13,15,18,20H,3-5,8-10,12,14,16H2,1-2H3,(H,22,23);1H. The Morgan fingerprint density at radius 1 is 1.33 bits per heavy atom. The molecule has 0 aliphatic carbocycles. The molecule has 2 saturated heterocycles. The minimum absolute atomic E-state index is 0. The zero-order chi connectivity index (χ0) is 20.1. The van der Waals surface area contributed by atoms with Crippen LogP contribution in [0.3, 0.4) is 0 Å². The van der Waals surface area contributed by atoms with Gasteiger partial charge in [0.25, 0.3) is 0 Å². The molecule has 0 amide bonds. The van der Waals surface area contributed by atoms with E-state index in [0.717, 1.165) is 50.0 Å². The Balaban J connectivity index is 0.00000256. The van der Waals surface area contributed by atoms with Gasteiger partial charge < -0.3 is 19.4 Å².